The number of rotatable bonds is 21. The Morgan fingerprint density at radius 3 is 1.32 bits per heavy atom. The minimum absolute atomic E-state index is 0. The van der Waals surface area contributed by atoms with E-state index >= 15 is 0 Å². The molecule has 6 rings (SSSR count). The molecule has 4 aromatic carbocycles. The summed E-state index contributed by atoms with van der Waals surface area (Å²) in [5.74, 6) is 1.18. The molecule has 20 heteroatoms. The number of aliphatic hydroxyl groups is 4. The molecule has 0 bridgehead atoms. The van der Waals surface area contributed by atoms with Gasteiger partial charge in [0, 0.05) is 63.0 Å². The number of benzene rings is 4. The first-order chi connectivity index (χ1) is 37.2. The fourth-order valence-corrected chi connectivity index (χ4v) is 9.88. The van der Waals surface area contributed by atoms with Crippen LogP contribution in [0.5, 0.6) is 0 Å². The van der Waals surface area contributed by atoms with Gasteiger partial charge in [-0.3, -0.25) is 14.4 Å². The van der Waals surface area contributed by atoms with E-state index in [0.29, 0.717) is 62.5 Å². The van der Waals surface area contributed by atoms with Gasteiger partial charge in [0.05, 0.1) is 49.8 Å². The molecule has 0 aromatic heterocycles. The number of nitrogens with two attached hydrogens (primary N) is 1. The van der Waals surface area contributed by atoms with Gasteiger partial charge in [0.2, 0.25) is 11.8 Å². The number of amides is 2. The Morgan fingerprint density at radius 1 is 0.625 bits per heavy atom. The molecule has 0 radical (unpaired) electrons. The van der Waals surface area contributed by atoms with Gasteiger partial charge in [-0.2, -0.15) is 0 Å². The lowest BCUT2D eigenvalue weighted by molar-refractivity contribution is -0.122. The first kappa shape index (κ1) is 68.9. The number of carbonyl (C=O) groups excluding carboxylic acids is 3. The average molecular weight is 1150 g/mol. The van der Waals surface area contributed by atoms with Crippen LogP contribution in [-0.2, 0) is 58.8 Å². The smallest absolute Gasteiger partial charge is 0.217 e. The van der Waals surface area contributed by atoms with Gasteiger partial charge in [-0.05, 0) is 120 Å². The maximum absolute atomic E-state index is 13.8. The highest BCUT2D eigenvalue weighted by Crippen LogP contribution is 2.40. The molecule has 2 amide bonds. The number of oxime groups is 1. The third-order valence-corrected chi connectivity index (χ3v) is 14.3. The van der Waals surface area contributed by atoms with Gasteiger partial charge in [0.15, 0.2) is 0 Å². The van der Waals surface area contributed by atoms with Gasteiger partial charge in [-0.15, -0.1) is 12.4 Å². The molecule has 10 N–H and O–H groups in total. The van der Waals surface area contributed by atoms with Crippen molar-refractivity contribution in [3.8, 4) is 0 Å². The Balaban J connectivity index is 0.000000384. The monoisotopic (exact) mass is 1140 g/mol. The van der Waals surface area contributed by atoms with Crippen LogP contribution in [0, 0.1) is 23.3 Å². The van der Waals surface area contributed by atoms with E-state index in [1.807, 2.05) is 18.2 Å². The van der Waals surface area contributed by atoms with Crippen molar-refractivity contribution in [3.05, 3.63) is 142 Å². The zero-order chi connectivity index (χ0) is 58.6. The fourth-order valence-electron chi connectivity index (χ4n) is 9.88. The van der Waals surface area contributed by atoms with Crippen LogP contribution in [0.25, 0.3) is 0 Å². The molecule has 2 aliphatic rings. The molecule has 15 nitrogen and oxygen atoms in total. The van der Waals surface area contributed by atoms with Crippen molar-refractivity contribution in [1.29, 1.82) is 0 Å². The number of aliphatic hydroxyl groups excluding tert-OH is 4. The highest BCUT2D eigenvalue weighted by atomic mass is 35.5. The molecule has 0 spiro atoms. The van der Waals surface area contributed by atoms with Gasteiger partial charge in [0.25, 0.3) is 0 Å². The van der Waals surface area contributed by atoms with Crippen molar-refractivity contribution in [2.45, 2.75) is 166 Å². The quantitative estimate of drug-likeness (QED) is 0.0222. The summed E-state index contributed by atoms with van der Waals surface area (Å²) >= 11 is 0. The second kappa shape index (κ2) is 32.3. The average Bonchev–Trinajstić information content (AvgIpc) is 3.37. The molecular weight excluding hydrogens is 1060 g/mol. The summed E-state index contributed by atoms with van der Waals surface area (Å²) in [5.41, 5.74) is 5.08. The standard InChI is InChI=1S/C30H41F2N3O4.C28H36F2N2O3.C2H7NO2.ClH/c1-20(37)34-27(16-21-14-24(31)18-25(32)15-21)28(38)19-33-30(10-8-26(9-11-30)35-39-13-12-36)23-7-5-6-22(17-23)29(2,3)4;1-18(33)32-25(14-19-12-22(29)16-23(30)13-19)26(35)17-31-28(10-8-24(34)9-11-28)21-7-5-6-20(15-21)27(2,3)4;3-5-2-1-4;/h5-7,14-15,17-18,27-28,33,36,38H,8-13,16,19H2,1-4H3,(H,34,37);5-7,12-13,15-16,25-26,31,35H,8-11,14,17H2,1-4H3,(H,32,33);4H,1-3H2;1H/t27-,28+,30?;25-,26+;;/m00../s1. The molecule has 0 heterocycles. The van der Waals surface area contributed by atoms with Crippen LogP contribution < -0.4 is 27.2 Å². The summed E-state index contributed by atoms with van der Waals surface area (Å²) in [6, 6.07) is 21.6. The van der Waals surface area contributed by atoms with E-state index in [0.717, 1.165) is 29.0 Å². The van der Waals surface area contributed by atoms with Gasteiger partial charge in [0.1, 0.15) is 35.7 Å². The summed E-state index contributed by atoms with van der Waals surface area (Å²) in [7, 11) is 0. The molecule has 80 heavy (non-hydrogen) atoms. The predicted molar refractivity (Wildman–Crippen MR) is 304 cm³/mol. The highest BCUT2D eigenvalue weighted by molar-refractivity contribution is 5.85. The van der Waals surface area contributed by atoms with E-state index < -0.39 is 58.6 Å². The minimum atomic E-state index is -1.02. The second-order valence-corrected chi connectivity index (χ2v) is 22.6. The molecular formula is C60H85ClF4N6O9. The van der Waals surface area contributed by atoms with Crippen LogP contribution in [-0.4, -0.2) is 108 Å². The van der Waals surface area contributed by atoms with Crippen molar-refractivity contribution in [1.82, 2.24) is 21.3 Å². The highest BCUT2D eigenvalue weighted by Gasteiger charge is 2.39. The van der Waals surface area contributed by atoms with E-state index in [9.17, 15) is 42.2 Å². The SMILES string of the molecule is CC(=O)N[C@@H](Cc1cc(F)cc(F)c1)[C@H](O)CNC1(c2cccc(C(C)(C)C)c2)CCC(=NOCCO)CC1.CC(=O)N[C@@H](Cc1cc(F)cc(F)c1)[C@H](O)CNC1(c2cccc(C(C)(C)C)c2)CCC(=O)CC1.Cl.NOCCO. The molecule has 2 fully saturated rings. The maximum atomic E-state index is 13.8. The number of ketones is 1. The molecule has 2 saturated carbocycles. The van der Waals surface area contributed by atoms with Crippen LogP contribution in [0.3, 0.4) is 0 Å². The number of hydrogen-bond acceptors (Lipinski definition) is 13. The van der Waals surface area contributed by atoms with Crippen molar-refractivity contribution in [2.24, 2.45) is 11.1 Å². The van der Waals surface area contributed by atoms with E-state index in [4.69, 9.17) is 15.1 Å². The van der Waals surface area contributed by atoms with E-state index in [-0.39, 0.29) is 93.2 Å². The molecule has 2 aliphatic carbocycles. The van der Waals surface area contributed by atoms with Crippen molar-refractivity contribution in [2.75, 3.05) is 39.5 Å². The topological polar surface area (TPSA) is 237 Å². The molecule has 0 saturated heterocycles. The largest absolute Gasteiger partial charge is 0.394 e. The Labute approximate surface area is 475 Å². The van der Waals surface area contributed by atoms with Gasteiger partial charge in [-0.25, -0.2) is 23.5 Å². The summed E-state index contributed by atoms with van der Waals surface area (Å²) < 4.78 is 54.9. The summed E-state index contributed by atoms with van der Waals surface area (Å²) in [6.07, 6.45) is 2.95. The molecule has 4 atom stereocenters. The number of nitrogens with one attached hydrogen (secondary N) is 4. The number of hydrogen-bond donors (Lipinski definition) is 9. The zero-order valence-corrected chi connectivity index (χ0v) is 48.3. The van der Waals surface area contributed by atoms with Gasteiger partial charge in [-0.1, -0.05) is 95.2 Å². The number of carbonyl (C=O) groups is 3. The Morgan fingerprint density at radius 2 is 1.00 bits per heavy atom. The first-order valence-corrected chi connectivity index (χ1v) is 27.0. The maximum Gasteiger partial charge on any atom is 0.217 e. The Kier molecular flexibility index (Phi) is 27.9. The lowest BCUT2D eigenvalue weighted by Crippen LogP contribution is -2.53. The predicted octanol–water partition coefficient (Wildman–Crippen LogP) is 7.68. The summed E-state index contributed by atoms with van der Waals surface area (Å²) in [5, 5.41) is 55.8. The second-order valence-electron chi connectivity index (χ2n) is 22.6. The molecule has 0 unspecified atom stereocenters. The third-order valence-electron chi connectivity index (χ3n) is 14.3. The van der Waals surface area contributed by atoms with E-state index in [1.165, 1.54) is 49.2 Å². The number of nitrogens with zero attached hydrogens (tertiary/aromatic N) is 1. The normalized spacial score (nSPS) is 17.7. The van der Waals surface area contributed by atoms with Crippen LogP contribution >= 0.6 is 12.4 Å². The summed E-state index contributed by atoms with van der Waals surface area (Å²) in [6.45, 7) is 16.2. The molecule has 444 valence electrons. The minimum Gasteiger partial charge on any atom is -0.394 e. The Bertz CT molecular complexity index is 2570. The fraction of sp³-hybridized carbons (Fsp3) is 0.533. The zero-order valence-electron chi connectivity index (χ0n) is 47.5. The van der Waals surface area contributed by atoms with Crippen LogP contribution in [0.15, 0.2) is 90.1 Å². The Hall–Kier alpha value is -5.35. The van der Waals surface area contributed by atoms with Crippen molar-refractivity contribution >= 4 is 35.7 Å². The van der Waals surface area contributed by atoms with Crippen molar-refractivity contribution in [3.63, 3.8) is 0 Å². The summed E-state index contributed by atoms with van der Waals surface area (Å²) in [4.78, 5) is 44.9. The van der Waals surface area contributed by atoms with Gasteiger partial charge >= 0.3 is 0 Å². The van der Waals surface area contributed by atoms with Crippen LogP contribution in [0.2, 0.25) is 0 Å². The lowest BCUT2D eigenvalue weighted by Gasteiger charge is -2.41. The van der Waals surface area contributed by atoms with Crippen LogP contribution in [0.1, 0.15) is 140 Å². The van der Waals surface area contributed by atoms with E-state index in [2.05, 4.69) is 109 Å². The van der Waals surface area contributed by atoms with E-state index in [1.54, 1.807) is 0 Å². The molecule has 0 aliphatic heterocycles. The number of halogens is 5. The van der Waals surface area contributed by atoms with Gasteiger partial charge < -0.3 is 51.4 Å². The lowest BCUT2D eigenvalue weighted by atomic mass is 9.74. The van der Waals surface area contributed by atoms with Crippen LogP contribution in [0.4, 0.5) is 17.6 Å². The third kappa shape index (κ3) is 22.2. The van der Waals surface area contributed by atoms with Crippen molar-refractivity contribution < 1.29 is 62.0 Å². The first-order valence-electron chi connectivity index (χ1n) is 27.0. The molecule has 4 aromatic rings. The number of Topliss-reactive ketones (excluding diaryl/α,β-unsaturated/α-hetero) is 1.